The molecule has 0 amide bonds. The van der Waals surface area contributed by atoms with Gasteiger partial charge in [-0.15, -0.1) is 0 Å². The molecule has 0 aliphatic carbocycles. The number of ether oxygens (including phenoxy) is 1. The summed E-state index contributed by atoms with van der Waals surface area (Å²) in [5, 5.41) is 10.8. The topological polar surface area (TPSA) is 52.4 Å². The van der Waals surface area contributed by atoms with E-state index in [4.69, 9.17) is 4.74 Å². The minimum absolute atomic E-state index is 0.00826. The van der Waals surface area contributed by atoms with E-state index in [0.29, 0.717) is 12.4 Å². The van der Waals surface area contributed by atoms with Crippen molar-refractivity contribution in [3.8, 4) is 5.75 Å². The van der Waals surface area contributed by atoms with Crippen LogP contribution in [0.4, 0.5) is 5.69 Å². The van der Waals surface area contributed by atoms with Gasteiger partial charge in [0, 0.05) is 6.07 Å². The van der Waals surface area contributed by atoms with Crippen molar-refractivity contribution in [1.82, 2.24) is 0 Å². The first kappa shape index (κ1) is 12.1. The molecule has 0 spiro atoms. The van der Waals surface area contributed by atoms with Gasteiger partial charge in [-0.1, -0.05) is 36.4 Å². The fourth-order valence-corrected chi connectivity index (χ4v) is 1.66. The van der Waals surface area contributed by atoms with Crippen LogP contribution in [0.25, 0.3) is 0 Å². The van der Waals surface area contributed by atoms with Crippen molar-refractivity contribution in [2.45, 2.75) is 13.5 Å². The molecule has 2 aromatic rings. The predicted molar refractivity (Wildman–Crippen MR) is 68.6 cm³/mol. The van der Waals surface area contributed by atoms with E-state index in [-0.39, 0.29) is 5.69 Å². The quantitative estimate of drug-likeness (QED) is 0.610. The third-order valence-corrected chi connectivity index (χ3v) is 2.71. The molecule has 2 rings (SSSR count). The summed E-state index contributed by atoms with van der Waals surface area (Å²) in [6.07, 6.45) is 0. The van der Waals surface area contributed by atoms with Crippen molar-refractivity contribution in [1.29, 1.82) is 0 Å². The SMILES string of the molecule is Cc1ccccc1COc1ccccc1[N+](=O)[O-]. The molecule has 0 saturated carbocycles. The van der Waals surface area contributed by atoms with Crippen molar-refractivity contribution in [2.75, 3.05) is 0 Å². The third kappa shape index (κ3) is 2.66. The zero-order chi connectivity index (χ0) is 13.0. The lowest BCUT2D eigenvalue weighted by Gasteiger charge is -2.08. The molecule has 4 heteroatoms. The maximum atomic E-state index is 10.8. The van der Waals surface area contributed by atoms with Crippen LogP contribution in [0.3, 0.4) is 0 Å². The first-order chi connectivity index (χ1) is 8.68. The number of nitrogens with zero attached hydrogens (tertiary/aromatic N) is 1. The molecular weight excluding hydrogens is 230 g/mol. The number of benzene rings is 2. The first-order valence-corrected chi connectivity index (χ1v) is 5.59. The molecule has 0 saturated heterocycles. The summed E-state index contributed by atoms with van der Waals surface area (Å²) in [4.78, 5) is 10.4. The summed E-state index contributed by atoms with van der Waals surface area (Å²) in [6, 6.07) is 14.2. The summed E-state index contributed by atoms with van der Waals surface area (Å²) >= 11 is 0. The second-order valence-corrected chi connectivity index (χ2v) is 3.94. The number of aryl methyl sites for hydroxylation is 1. The van der Waals surface area contributed by atoms with E-state index < -0.39 is 4.92 Å². The second kappa shape index (κ2) is 5.31. The van der Waals surface area contributed by atoms with Gasteiger partial charge in [0.05, 0.1) is 4.92 Å². The summed E-state index contributed by atoms with van der Waals surface area (Å²) in [6.45, 7) is 2.32. The first-order valence-electron chi connectivity index (χ1n) is 5.59. The van der Waals surface area contributed by atoms with Gasteiger partial charge in [0.1, 0.15) is 6.61 Å². The average molecular weight is 243 g/mol. The predicted octanol–water partition coefficient (Wildman–Crippen LogP) is 3.48. The Morgan fingerprint density at radius 2 is 1.78 bits per heavy atom. The molecule has 92 valence electrons. The maximum absolute atomic E-state index is 10.8. The van der Waals surface area contributed by atoms with Crippen LogP contribution in [-0.2, 0) is 6.61 Å². The number of hydrogen-bond donors (Lipinski definition) is 0. The molecule has 2 aromatic carbocycles. The van der Waals surface area contributed by atoms with Crippen molar-refractivity contribution in [3.63, 3.8) is 0 Å². The van der Waals surface area contributed by atoms with Crippen LogP contribution in [0.5, 0.6) is 5.75 Å². The molecule has 0 unspecified atom stereocenters. The van der Waals surface area contributed by atoms with E-state index in [9.17, 15) is 10.1 Å². The zero-order valence-corrected chi connectivity index (χ0v) is 10.00. The molecule has 0 aliphatic heterocycles. The van der Waals surface area contributed by atoms with Crippen LogP contribution in [-0.4, -0.2) is 4.92 Å². The third-order valence-electron chi connectivity index (χ3n) is 2.71. The number of para-hydroxylation sites is 2. The van der Waals surface area contributed by atoms with E-state index in [1.807, 2.05) is 31.2 Å². The zero-order valence-electron chi connectivity index (χ0n) is 10.00. The van der Waals surface area contributed by atoms with Crippen molar-refractivity contribution < 1.29 is 9.66 Å². The summed E-state index contributed by atoms with van der Waals surface area (Å²) in [5.41, 5.74) is 2.12. The summed E-state index contributed by atoms with van der Waals surface area (Å²) in [5.74, 6) is 0.297. The Bertz CT molecular complexity index is 566. The Morgan fingerprint density at radius 1 is 1.11 bits per heavy atom. The molecule has 18 heavy (non-hydrogen) atoms. The van der Waals surface area contributed by atoms with Crippen LogP contribution in [0.1, 0.15) is 11.1 Å². The van der Waals surface area contributed by atoms with Crippen LogP contribution >= 0.6 is 0 Å². The molecule has 0 radical (unpaired) electrons. The number of nitro groups is 1. The number of hydrogen-bond acceptors (Lipinski definition) is 3. The average Bonchev–Trinajstić information content (AvgIpc) is 2.38. The van der Waals surface area contributed by atoms with E-state index in [1.54, 1.807) is 18.2 Å². The van der Waals surface area contributed by atoms with Gasteiger partial charge >= 0.3 is 5.69 Å². The van der Waals surface area contributed by atoms with Gasteiger partial charge in [-0.2, -0.15) is 0 Å². The Kier molecular flexibility index (Phi) is 3.57. The highest BCUT2D eigenvalue weighted by atomic mass is 16.6. The second-order valence-electron chi connectivity index (χ2n) is 3.94. The Morgan fingerprint density at radius 3 is 2.50 bits per heavy atom. The van der Waals surface area contributed by atoms with E-state index in [2.05, 4.69) is 0 Å². The fraction of sp³-hybridized carbons (Fsp3) is 0.143. The maximum Gasteiger partial charge on any atom is 0.310 e. The van der Waals surface area contributed by atoms with Gasteiger partial charge < -0.3 is 4.74 Å². The van der Waals surface area contributed by atoms with Crippen LogP contribution < -0.4 is 4.74 Å². The van der Waals surface area contributed by atoms with Gasteiger partial charge in [-0.3, -0.25) is 10.1 Å². The van der Waals surface area contributed by atoms with Gasteiger partial charge in [-0.25, -0.2) is 0 Å². The smallest absolute Gasteiger partial charge is 0.310 e. The van der Waals surface area contributed by atoms with Crippen LogP contribution in [0.15, 0.2) is 48.5 Å². The monoisotopic (exact) mass is 243 g/mol. The van der Waals surface area contributed by atoms with E-state index >= 15 is 0 Å². The molecular formula is C14H13NO3. The van der Waals surface area contributed by atoms with Gasteiger partial charge in [0.25, 0.3) is 0 Å². The highest BCUT2D eigenvalue weighted by Gasteiger charge is 2.13. The normalized spacial score (nSPS) is 10.1. The van der Waals surface area contributed by atoms with Gasteiger partial charge in [0.15, 0.2) is 5.75 Å². The minimum Gasteiger partial charge on any atom is -0.482 e. The Balaban J connectivity index is 2.16. The molecule has 0 atom stereocenters. The standard InChI is InChI=1S/C14H13NO3/c1-11-6-2-3-7-12(11)10-18-14-9-5-4-8-13(14)15(16)17/h2-9H,10H2,1H3. The number of rotatable bonds is 4. The highest BCUT2D eigenvalue weighted by molar-refractivity contribution is 5.45. The van der Waals surface area contributed by atoms with Crippen LogP contribution in [0, 0.1) is 17.0 Å². The minimum atomic E-state index is -0.437. The van der Waals surface area contributed by atoms with Gasteiger partial charge in [-0.05, 0) is 24.1 Å². The van der Waals surface area contributed by atoms with Gasteiger partial charge in [0.2, 0.25) is 0 Å². The number of nitro benzene ring substituents is 1. The lowest BCUT2D eigenvalue weighted by molar-refractivity contribution is -0.385. The molecule has 0 aromatic heterocycles. The van der Waals surface area contributed by atoms with E-state index in [1.165, 1.54) is 6.07 Å². The summed E-state index contributed by atoms with van der Waals surface area (Å²) < 4.78 is 5.52. The fourth-order valence-electron chi connectivity index (χ4n) is 1.66. The molecule has 0 N–H and O–H groups in total. The largest absolute Gasteiger partial charge is 0.482 e. The Hall–Kier alpha value is -2.36. The lowest BCUT2D eigenvalue weighted by atomic mass is 10.1. The lowest BCUT2D eigenvalue weighted by Crippen LogP contribution is -2.00. The summed E-state index contributed by atoms with van der Waals surface area (Å²) in [7, 11) is 0. The molecule has 4 nitrogen and oxygen atoms in total. The molecule has 0 aliphatic rings. The highest BCUT2D eigenvalue weighted by Crippen LogP contribution is 2.26. The van der Waals surface area contributed by atoms with Crippen molar-refractivity contribution in [3.05, 3.63) is 69.8 Å². The molecule has 0 fully saturated rings. The van der Waals surface area contributed by atoms with E-state index in [0.717, 1.165) is 11.1 Å². The molecule has 0 heterocycles. The van der Waals surface area contributed by atoms with Crippen molar-refractivity contribution in [2.24, 2.45) is 0 Å². The van der Waals surface area contributed by atoms with Crippen molar-refractivity contribution >= 4 is 5.69 Å². The Labute approximate surface area is 105 Å². The molecule has 0 bridgehead atoms. The van der Waals surface area contributed by atoms with Crippen LogP contribution in [0.2, 0.25) is 0 Å².